The topological polar surface area (TPSA) is 81.4 Å². The SMILES string of the molecule is CC(C)(C)c1ccc(S(=O)(=O)NCCCON)cc1. The van der Waals surface area contributed by atoms with E-state index in [0.29, 0.717) is 19.6 Å². The molecule has 1 aromatic rings. The molecule has 108 valence electrons. The van der Waals surface area contributed by atoms with Crippen LogP contribution in [-0.2, 0) is 20.3 Å². The standard InChI is InChI=1S/C13H22N2O3S/c1-13(2,3)11-5-7-12(8-6-11)19(16,17)15-9-4-10-18-14/h5-8,15H,4,9-10,14H2,1-3H3. The highest BCUT2D eigenvalue weighted by atomic mass is 32.2. The minimum atomic E-state index is -3.45. The summed E-state index contributed by atoms with van der Waals surface area (Å²) >= 11 is 0. The van der Waals surface area contributed by atoms with Gasteiger partial charge in [0.2, 0.25) is 10.0 Å². The highest BCUT2D eigenvalue weighted by Crippen LogP contribution is 2.23. The molecule has 3 N–H and O–H groups in total. The van der Waals surface area contributed by atoms with Crippen LogP contribution in [0.25, 0.3) is 0 Å². The molecular formula is C13H22N2O3S. The molecule has 0 bridgehead atoms. The van der Waals surface area contributed by atoms with Gasteiger partial charge < -0.3 is 4.84 Å². The Labute approximate surface area is 115 Å². The summed E-state index contributed by atoms with van der Waals surface area (Å²) in [4.78, 5) is 4.65. The number of hydrogen-bond donors (Lipinski definition) is 2. The lowest BCUT2D eigenvalue weighted by Crippen LogP contribution is -2.26. The van der Waals surface area contributed by atoms with Crippen molar-refractivity contribution < 1.29 is 13.3 Å². The van der Waals surface area contributed by atoms with Gasteiger partial charge in [0.15, 0.2) is 0 Å². The van der Waals surface area contributed by atoms with Crippen molar-refractivity contribution in [2.24, 2.45) is 5.90 Å². The molecule has 0 aliphatic heterocycles. The van der Waals surface area contributed by atoms with E-state index in [9.17, 15) is 8.42 Å². The first-order valence-electron chi connectivity index (χ1n) is 6.19. The predicted octanol–water partition coefficient (Wildman–Crippen LogP) is 1.54. The fourth-order valence-electron chi connectivity index (χ4n) is 1.58. The maximum atomic E-state index is 12.0. The molecule has 0 amide bonds. The molecule has 0 atom stereocenters. The number of nitrogens with one attached hydrogen (secondary N) is 1. The first kappa shape index (κ1) is 16.1. The first-order valence-corrected chi connectivity index (χ1v) is 7.67. The number of sulfonamides is 1. The summed E-state index contributed by atoms with van der Waals surface area (Å²) in [6.07, 6.45) is 0.538. The smallest absolute Gasteiger partial charge is 0.240 e. The zero-order valence-corrected chi connectivity index (χ0v) is 12.5. The Hall–Kier alpha value is -0.950. The quantitative estimate of drug-likeness (QED) is 0.614. The molecule has 6 heteroatoms. The van der Waals surface area contributed by atoms with Crippen molar-refractivity contribution in [1.29, 1.82) is 0 Å². The zero-order valence-electron chi connectivity index (χ0n) is 11.6. The van der Waals surface area contributed by atoms with E-state index in [1.807, 2.05) is 12.1 Å². The van der Waals surface area contributed by atoms with E-state index in [4.69, 9.17) is 5.90 Å². The summed E-state index contributed by atoms with van der Waals surface area (Å²) in [5.41, 5.74) is 1.11. The molecule has 0 saturated heterocycles. The third-order valence-electron chi connectivity index (χ3n) is 2.76. The average molecular weight is 286 g/mol. The van der Waals surface area contributed by atoms with Crippen molar-refractivity contribution >= 4 is 10.0 Å². The van der Waals surface area contributed by atoms with Gasteiger partial charge in [-0.05, 0) is 29.5 Å². The van der Waals surface area contributed by atoms with Crippen LogP contribution in [0.4, 0.5) is 0 Å². The van der Waals surface area contributed by atoms with Gasteiger partial charge >= 0.3 is 0 Å². The lowest BCUT2D eigenvalue weighted by molar-refractivity contribution is 0.136. The summed E-state index contributed by atoms with van der Waals surface area (Å²) in [6, 6.07) is 6.94. The lowest BCUT2D eigenvalue weighted by Gasteiger charge is -2.19. The Morgan fingerprint density at radius 1 is 1.21 bits per heavy atom. The second kappa shape index (κ2) is 6.47. The number of hydrogen-bond acceptors (Lipinski definition) is 4. The van der Waals surface area contributed by atoms with E-state index in [2.05, 4.69) is 30.3 Å². The molecule has 0 aliphatic rings. The van der Waals surface area contributed by atoms with E-state index in [1.165, 1.54) is 0 Å². The highest BCUT2D eigenvalue weighted by molar-refractivity contribution is 7.89. The molecule has 5 nitrogen and oxygen atoms in total. The van der Waals surface area contributed by atoms with Crippen molar-refractivity contribution in [3.63, 3.8) is 0 Å². The minimum absolute atomic E-state index is 0.00812. The van der Waals surface area contributed by atoms with Crippen molar-refractivity contribution in [2.75, 3.05) is 13.2 Å². The third kappa shape index (κ3) is 4.91. The molecule has 19 heavy (non-hydrogen) atoms. The van der Waals surface area contributed by atoms with E-state index >= 15 is 0 Å². The zero-order chi connectivity index (χ0) is 14.5. The van der Waals surface area contributed by atoms with E-state index in [0.717, 1.165) is 5.56 Å². The van der Waals surface area contributed by atoms with Gasteiger partial charge in [-0.3, -0.25) is 0 Å². The maximum absolute atomic E-state index is 12.0. The Morgan fingerprint density at radius 2 is 1.79 bits per heavy atom. The minimum Gasteiger partial charge on any atom is -0.305 e. The van der Waals surface area contributed by atoms with Gasteiger partial charge in [-0.2, -0.15) is 0 Å². The number of benzene rings is 1. The molecule has 1 aromatic carbocycles. The van der Waals surface area contributed by atoms with E-state index in [1.54, 1.807) is 12.1 Å². The molecule has 0 aliphatic carbocycles. The summed E-state index contributed by atoms with van der Waals surface area (Å²) in [5, 5.41) is 0. The fraction of sp³-hybridized carbons (Fsp3) is 0.538. The van der Waals surface area contributed by atoms with E-state index in [-0.39, 0.29) is 10.3 Å². The molecule has 0 radical (unpaired) electrons. The Kier molecular flexibility index (Phi) is 5.49. The summed E-state index contributed by atoms with van der Waals surface area (Å²) in [5.74, 6) is 4.87. The second-order valence-electron chi connectivity index (χ2n) is 5.40. The molecule has 0 aromatic heterocycles. The van der Waals surface area contributed by atoms with Crippen LogP contribution in [0.5, 0.6) is 0 Å². The predicted molar refractivity (Wildman–Crippen MR) is 75.1 cm³/mol. The summed E-state index contributed by atoms with van der Waals surface area (Å²) in [6.45, 7) is 6.89. The van der Waals surface area contributed by atoms with Gasteiger partial charge in [0.05, 0.1) is 11.5 Å². The number of rotatable bonds is 6. The van der Waals surface area contributed by atoms with E-state index < -0.39 is 10.0 Å². The van der Waals surface area contributed by atoms with Crippen LogP contribution in [0.3, 0.4) is 0 Å². The second-order valence-corrected chi connectivity index (χ2v) is 7.16. The van der Waals surface area contributed by atoms with Crippen LogP contribution in [-0.4, -0.2) is 21.6 Å². The molecule has 0 heterocycles. The van der Waals surface area contributed by atoms with Gasteiger partial charge in [0.1, 0.15) is 0 Å². The Bertz CT molecular complexity index is 490. The van der Waals surface area contributed by atoms with Gasteiger partial charge in [-0.1, -0.05) is 32.9 Å². The lowest BCUT2D eigenvalue weighted by atomic mass is 9.87. The molecule has 0 spiro atoms. The van der Waals surface area contributed by atoms with Crippen LogP contribution in [0, 0.1) is 0 Å². The van der Waals surface area contributed by atoms with Gasteiger partial charge in [-0.15, -0.1) is 0 Å². The number of nitrogens with two attached hydrogens (primary N) is 1. The van der Waals surface area contributed by atoms with Gasteiger partial charge in [0, 0.05) is 6.54 Å². The maximum Gasteiger partial charge on any atom is 0.240 e. The average Bonchev–Trinajstić information content (AvgIpc) is 2.34. The molecule has 0 unspecified atom stereocenters. The largest absolute Gasteiger partial charge is 0.305 e. The summed E-state index contributed by atoms with van der Waals surface area (Å²) in [7, 11) is -3.45. The first-order chi connectivity index (χ1) is 8.77. The molecular weight excluding hydrogens is 264 g/mol. The van der Waals surface area contributed by atoms with Crippen molar-refractivity contribution in [3.8, 4) is 0 Å². The third-order valence-corrected chi connectivity index (χ3v) is 4.24. The molecule has 0 saturated carbocycles. The van der Waals surface area contributed by atoms with Crippen LogP contribution < -0.4 is 10.6 Å². The Balaban J connectivity index is 2.74. The van der Waals surface area contributed by atoms with Crippen LogP contribution in [0.2, 0.25) is 0 Å². The Morgan fingerprint density at radius 3 is 2.26 bits per heavy atom. The molecule has 1 rings (SSSR count). The normalized spacial score (nSPS) is 12.6. The highest BCUT2D eigenvalue weighted by Gasteiger charge is 2.17. The van der Waals surface area contributed by atoms with Crippen LogP contribution >= 0.6 is 0 Å². The van der Waals surface area contributed by atoms with Crippen molar-refractivity contribution in [2.45, 2.75) is 37.5 Å². The summed E-state index contributed by atoms with van der Waals surface area (Å²) < 4.78 is 26.5. The van der Waals surface area contributed by atoms with Crippen molar-refractivity contribution in [1.82, 2.24) is 4.72 Å². The molecule has 0 fully saturated rings. The van der Waals surface area contributed by atoms with Gasteiger partial charge in [0.25, 0.3) is 0 Å². The fourth-order valence-corrected chi connectivity index (χ4v) is 2.65. The van der Waals surface area contributed by atoms with Gasteiger partial charge in [-0.25, -0.2) is 19.0 Å². The monoisotopic (exact) mass is 286 g/mol. The van der Waals surface area contributed by atoms with Crippen LogP contribution in [0.15, 0.2) is 29.2 Å². The van der Waals surface area contributed by atoms with Crippen LogP contribution in [0.1, 0.15) is 32.8 Å². The van der Waals surface area contributed by atoms with Crippen molar-refractivity contribution in [3.05, 3.63) is 29.8 Å².